The van der Waals surface area contributed by atoms with Gasteiger partial charge in [0, 0.05) is 32.9 Å². The molecule has 0 saturated heterocycles. The lowest BCUT2D eigenvalue weighted by atomic mass is 10.1. The van der Waals surface area contributed by atoms with Crippen LogP contribution in [0.5, 0.6) is 0 Å². The Morgan fingerprint density at radius 3 is 1.75 bits per heavy atom. The van der Waals surface area contributed by atoms with Gasteiger partial charge < -0.3 is 9.64 Å². The third-order valence-corrected chi connectivity index (χ3v) is 6.91. The second-order valence-electron chi connectivity index (χ2n) is 7.42. The van der Waals surface area contributed by atoms with Crippen LogP contribution in [-0.4, -0.2) is 12.4 Å². The molecule has 0 unspecified atom stereocenters. The van der Waals surface area contributed by atoms with Crippen LogP contribution in [-0.2, 0) is 4.74 Å². The normalized spacial score (nSPS) is 13.5. The highest BCUT2D eigenvalue weighted by Crippen LogP contribution is 2.41. The Morgan fingerprint density at radius 2 is 1.16 bits per heavy atom. The Kier molecular flexibility index (Phi) is 6.33. The molecule has 0 fully saturated rings. The van der Waals surface area contributed by atoms with Crippen molar-refractivity contribution >= 4 is 55.4 Å². The molecule has 158 valence electrons. The van der Waals surface area contributed by atoms with Gasteiger partial charge in [0.1, 0.15) is 5.76 Å². The molecule has 0 saturated carbocycles. The molecule has 0 radical (unpaired) electrons. The number of para-hydroxylation sites is 2. The van der Waals surface area contributed by atoms with Crippen molar-refractivity contribution in [3.05, 3.63) is 125 Å². The predicted octanol–water partition coefficient (Wildman–Crippen LogP) is 8.51. The summed E-state index contributed by atoms with van der Waals surface area (Å²) in [5.74, 6) is 1.92. The minimum atomic E-state index is 0.730. The lowest BCUT2D eigenvalue weighted by Gasteiger charge is -2.26. The fraction of sp³-hybridized carbons (Fsp3) is 0.0714. The van der Waals surface area contributed by atoms with Crippen molar-refractivity contribution in [1.29, 1.82) is 0 Å². The first-order chi connectivity index (χ1) is 15.8. The Labute approximate surface area is 201 Å². The van der Waals surface area contributed by atoms with E-state index in [1.54, 1.807) is 0 Å². The highest BCUT2D eigenvalue weighted by molar-refractivity contribution is 9.10. The zero-order valence-corrected chi connectivity index (χ0v) is 19.9. The minimum absolute atomic E-state index is 0.730. The highest BCUT2D eigenvalue weighted by Gasteiger charge is 2.19. The van der Waals surface area contributed by atoms with Gasteiger partial charge in [-0.15, -0.1) is 11.8 Å². The molecule has 4 aromatic rings. The van der Waals surface area contributed by atoms with Gasteiger partial charge in [0.25, 0.3) is 0 Å². The van der Waals surface area contributed by atoms with E-state index in [1.165, 1.54) is 10.5 Å². The van der Waals surface area contributed by atoms with Crippen LogP contribution >= 0.6 is 27.7 Å². The maximum Gasteiger partial charge on any atom is 0.140 e. The van der Waals surface area contributed by atoms with Gasteiger partial charge >= 0.3 is 0 Å². The molecule has 1 aliphatic rings. The van der Waals surface area contributed by atoms with Crippen LogP contribution < -0.4 is 4.90 Å². The summed E-state index contributed by atoms with van der Waals surface area (Å²) in [6.45, 7) is 0.730. The molecule has 2 nitrogen and oxygen atoms in total. The fourth-order valence-corrected chi connectivity index (χ4v) is 5.06. The van der Waals surface area contributed by atoms with Gasteiger partial charge in [-0.3, -0.25) is 0 Å². The van der Waals surface area contributed by atoms with Crippen LogP contribution in [0.15, 0.2) is 114 Å². The van der Waals surface area contributed by atoms with Crippen molar-refractivity contribution in [2.24, 2.45) is 0 Å². The monoisotopic (exact) mass is 499 g/mol. The van der Waals surface area contributed by atoms with Gasteiger partial charge in [0.05, 0.1) is 11.5 Å². The van der Waals surface area contributed by atoms with Gasteiger partial charge in [-0.25, -0.2) is 0 Å². The van der Waals surface area contributed by atoms with Crippen LogP contribution in [0.4, 0.5) is 17.1 Å². The minimum Gasteiger partial charge on any atom is -0.491 e. The second kappa shape index (κ2) is 9.68. The highest BCUT2D eigenvalue weighted by atomic mass is 79.9. The number of rotatable bonds is 5. The number of hydrogen-bond acceptors (Lipinski definition) is 3. The zero-order valence-electron chi connectivity index (χ0n) is 17.4. The van der Waals surface area contributed by atoms with Crippen LogP contribution in [0.2, 0.25) is 0 Å². The molecular formula is C28H22BrNOS. The first kappa shape index (κ1) is 20.9. The maximum absolute atomic E-state index is 6.12. The summed E-state index contributed by atoms with van der Waals surface area (Å²) >= 11 is 5.38. The molecule has 0 bridgehead atoms. The van der Waals surface area contributed by atoms with Gasteiger partial charge in [-0.1, -0.05) is 76.6 Å². The Bertz CT molecular complexity index is 1170. The SMILES string of the molecule is Brc1ccc(C2=C(c3ccc(N(c4ccccc4)c4ccccc4)cc3)SCCO2)cc1. The van der Waals surface area contributed by atoms with E-state index >= 15 is 0 Å². The number of thioether (sulfide) groups is 1. The fourth-order valence-electron chi connectivity index (χ4n) is 3.81. The van der Waals surface area contributed by atoms with Crippen molar-refractivity contribution in [2.45, 2.75) is 0 Å². The maximum atomic E-state index is 6.12. The molecule has 0 amide bonds. The number of benzene rings is 4. The topological polar surface area (TPSA) is 12.5 Å². The average molecular weight is 500 g/mol. The van der Waals surface area contributed by atoms with Gasteiger partial charge in [0.15, 0.2) is 0 Å². The van der Waals surface area contributed by atoms with E-state index in [1.807, 2.05) is 23.9 Å². The molecule has 0 atom stereocenters. The van der Waals surface area contributed by atoms with Crippen LogP contribution in [0.25, 0.3) is 10.7 Å². The number of anilines is 3. The van der Waals surface area contributed by atoms with Crippen molar-refractivity contribution in [3.8, 4) is 0 Å². The third kappa shape index (κ3) is 4.47. The zero-order chi connectivity index (χ0) is 21.8. The van der Waals surface area contributed by atoms with Crippen molar-refractivity contribution < 1.29 is 4.74 Å². The average Bonchev–Trinajstić information content (AvgIpc) is 2.87. The lowest BCUT2D eigenvalue weighted by Crippen LogP contribution is -2.10. The molecule has 0 N–H and O–H groups in total. The Morgan fingerprint density at radius 1 is 0.625 bits per heavy atom. The summed E-state index contributed by atoms with van der Waals surface area (Å²) in [5, 5.41) is 0. The van der Waals surface area contributed by atoms with E-state index in [0.717, 1.165) is 45.2 Å². The summed E-state index contributed by atoms with van der Waals surface area (Å²) in [6, 6.07) is 38.1. The van der Waals surface area contributed by atoms with E-state index in [-0.39, 0.29) is 0 Å². The first-order valence-electron chi connectivity index (χ1n) is 10.6. The van der Waals surface area contributed by atoms with E-state index in [9.17, 15) is 0 Å². The third-order valence-electron chi connectivity index (χ3n) is 5.31. The smallest absolute Gasteiger partial charge is 0.140 e. The second-order valence-corrected chi connectivity index (χ2v) is 9.44. The van der Waals surface area contributed by atoms with Gasteiger partial charge in [-0.05, 0) is 54.1 Å². The van der Waals surface area contributed by atoms with Crippen molar-refractivity contribution in [2.75, 3.05) is 17.3 Å². The largest absolute Gasteiger partial charge is 0.491 e. The molecule has 0 aliphatic carbocycles. The molecule has 1 aliphatic heterocycles. The molecular weight excluding hydrogens is 478 g/mol. The molecule has 5 rings (SSSR count). The predicted molar refractivity (Wildman–Crippen MR) is 140 cm³/mol. The van der Waals surface area contributed by atoms with E-state index in [2.05, 4.69) is 118 Å². The molecule has 4 aromatic carbocycles. The lowest BCUT2D eigenvalue weighted by molar-refractivity contribution is 0.301. The molecule has 1 heterocycles. The van der Waals surface area contributed by atoms with Crippen LogP contribution in [0.3, 0.4) is 0 Å². The Hall–Kier alpha value is -2.95. The molecule has 4 heteroatoms. The number of ether oxygens (including phenoxy) is 1. The van der Waals surface area contributed by atoms with Crippen LogP contribution in [0, 0.1) is 0 Å². The van der Waals surface area contributed by atoms with Gasteiger partial charge in [0.2, 0.25) is 0 Å². The van der Waals surface area contributed by atoms with Gasteiger partial charge in [-0.2, -0.15) is 0 Å². The summed E-state index contributed by atoms with van der Waals surface area (Å²) in [6.07, 6.45) is 0. The number of hydrogen-bond donors (Lipinski definition) is 0. The quantitative estimate of drug-likeness (QED) is 0.273. The molecule has 0 aromatic heterocycles. The number of halogens is 1. The first-order valence-corrected chi connectivity index (χ1v) is 12.3. The molecule has 0 spiro atoms. The standard InChI is InChI=1S/C28H22BrNOS/c29-23-15-11-21(12-16-23)27-28(32-20-19-31-27)22-13-17-26(18-14-22)30(24-7-3-1-4-8-24)25-9-5-2-6-10-25/h1-18H,19-20H2. The van der Waals surface area contributed by atoms with Crippen LogP contribution in [0.1, 0.15) is 11.1 Å². The summed E-state index contributed by atoms with van der Waals surface area (Å²) in [5.41, 5.74) is 5.68. The summed E-state index contributed by atoms with van der Waals surface area (Å²) < 4.78 is 7.19. The number of nitrogens with zero attached hydrogens (tertiary/aromatic N) is 1. The summed E-state index contributed by atoms with van der Waals surface area (Å²) in [4.78, 5) is 3.47. The van der Waals surface area contributed by atoms with Crippen molar-refractivity contribution in [3.63, 3.8) is 0 Å². The van der Waals surface area contributed by atoms with E-state index in [0.29, 0.717) is 0 Å². The Balaban J connectivity index is 1.54. The molecule has 32 heavy (non-hydrogen) atoms. The van der Waals surface area contributed by atoms with E-state index < -0.39 is 0 Å². The van der Waals surface area contributed by atoms with Crippen molar-refractivity contribution in [1.82, 2.24) is 0 Å². The van der Waals surface area contributed by atoms with E-state index in [4.69, 9.17) is 4.74 Å². The summed E-state index contributed by atoms with van der Waals surface area (Å²) in [7, 11) is 0.